The molecule has 0 unspecified atom stereocenters. The fourth-order valence-electron chi connectivity index (χ4n) is 2.15. The molecule has 2 rings (SSSR count). The van der Waals surface area contributed by atoms with Crippen LogP contribution in [0, 0.1) is 12.8 Å². The first-order valence-electron chi connectivity index (χ1n) is 9.35. The van der Waals surface area contributed by atoms with E-state index in [2.05, 4.69) is 37.1 Å². The lowest BCUT2D eigenvalue weighted by Crippen LogP contribution is -2.03. The molecule has 0 bridgehead atoms. The van der Waals surface area contributed by atoms with Gasteiger partial charge < -0.3 is 5.11 Å². The summed E-state index contributed by atoms with van der Waals surface area (Å²) in [5.74, 6) is 0.224. The molecule has 0 aliphatic carbocycles. The summed E-state index contributed by atoms with van der Waals surface area (Å²) in [6.45, 7) is 22.5. The molecule has 2 heterocycles. The maximum absolute atomic E-state index is 11.1. The Morgan fingerprint density at radius 1 is 1.19 bits per heavy atom. The van der Waals surface area contributed by atoms with Crippen molar-refractivity contribution in [2.45, 2.75) is 55.4 Å². The molecule has 150 valence electrons. The van der Waals surface area contributed by atoms with E-state index in [1.807, 2.05) is 40.7 Å². The van der Waals surface area contributed by atoms with Gasteiger partial charge in [-0.3, -0.25) is 4.79 Å². The molecule has 0 saturated carbocycles. The fourth-order valence-corrected chi connectivity index (χ4v) is 2.15. The minimum absolute atomic E-state index is 0.0753. The van der Waals surface area contributed by atoms with Crippen LogP contribution in [0.1, 0.15) is 64.5 Å². The molecule has 5 nitrogen and oxygen atoms in total. The molecule has 2 aromatic heterocycles. The predicted octanol–water partition coefficient (Wildman–Crippen LogP) is 6.19. The van der Waals surface area contributed by atoms with Crippen molar-refractivity contribution >= 4 is 23.0 Å². The number of rotatable bonds is 4. The maximum atomic E-state index is 11.1. The highest BCUT2D eigenvalue weighted by atomic mass is 16.3. The van der Waals surface area contributed by atoms with Crippen LogP contribution in [0.2, 0.25) is 0 Å². The number of nitrogens with zero attached hydrogens (tertiary/aromatic N) is 3. The van der Waals surface area contributed by atoms with Crippen molar-refractivity contribution in [1.29, 1.82) is 0 Å². The molecular weight excluding hydrogens is 338 g/mol. The Kier molecular flexibility index (Phi) is 14.2. The number of carbonyl (C=O) groups excluding carboxylic acids is 1. The second-order valence-electron chi connectivity index (χ2n) is 5.23. The van der Waals surface area contributed by atoms with Crippen LogP contribution in [0.4, 0.5) is 0 Å². The average molecular weight is 374 g/mol. The molecule has 0 amide bonds. The summed E-state index contributed by atoms with van der Waals surface area (Å²) in [4.78, 5) is 15.3. The first-order chi connectivity index (χ1) is 12.9. The van der Waals surface area contributed by atoms with E-state index in [1.165, 1.54) is 0 Å². The van der Waals surface area contributed by atoms with E-state index in [-0.39, 0.29) is 11.3 Å². The summed E-state index contributed by atoms with van der Waals surface area (Å²) < 4.78 is 1.72. The minimum atomic E-state index is -0.0753. The third-order valence-electron chi connectivity index (χ3n) is 3.29. The molecule has 0 aliphatic heterocycles. The van der Waals surface area contributed by atoms with E-state index in [9.17, 15) is 9.90 Å². The number of hydrogen-bond acceptors (Lipinski definition) is 4. The highest BCUT2D eigenvalue weighted by Crippen LogP contribution is 2.28. The van der Waals surface area contributed by atoms with Crippen molar-refractivity contribution in [3.8, 4) is 5.75 Å². The Morgan fingerprint density at radius 3 is 2.07 bits per heavy atom. The third-order valence-corrected chi connectivity index (χ3v) is 3.29. The smallest absolute Gasteiger partial charge is 0.182 e. The van der Waals surface area contributed by atoms with E-state index in [4.69, 9.17) is 0 Å². The Morgan fingerprint density at radius 2 is 1.70 bits per heavy atom. The summed E-state index contributed by atoms with van der Waals surface area (Å²) in [7, 11) is 0. The number of allylic oxidation sites excluding steroid dienone is 4. The number of carbonyl (C=O) groups is 1. The predicted molar refractivity (Wildman–Crippen MR) is 117 cm³/mol. The molecule has 0 radical (unpaired) electrons. The number of aromatic hydroxyl groups is 1. The van der Waals surface area contributed by atoms with Gasteiger partial charge in [0.2, 0.25) is 0 Å². The number of aryl methyl sites for hydroxylation is 1. The molecule has 0 fully saturated rings. The van der Waals surface area contributed by atoms with Crippen molar-refractivity contribution < 1.29 is 9.90 Å². The second kappa shape index (κ2) is 14.5. The van der Waals surface area contributed by atoms with Crippen LogP contribution in [0.15, 0.2) is 37.6 Å². The molecule has 0 saturated heterocycles. The number of fused-ring (bicyclic) bond motifs is 1. The van der Waals surface area contributed by atoms with Crippen LogP contribution in [-0.4, -0.2) is 26.2 Å². The largest absolute Gasteiger partial charge is 0.505 e. The van der Waals surface area contributed by atoms with Gasteiger partial charge in [0, 0.05) is 11.9 Å². The van der Waals surface area contributed by atoms with Crippen molar-refractivity contribution in [3.05, 3.63) is 48.8 Å². The Labute approximate surface area is 164 Å². The third kappa shape index (κ3) is 7.21. The normalized spacial score (nSPS) is 9.89. The molecule has 27 heavy (non-hydrogen) atoms. The van der Waals surface area contributed by atoms with Gasteiger partial charge >= 0.3 is 0 Å². The van der Waals surface area contributed by atoms with Crippen LogP contribution in [0.25, 0.3) is 16.7 Å². The lowest BCUT2D eigenvalue weighted by molar-refractivity contribution is 0.112. The summed E-state index contributed by atoms with van der Waals surface area (Å²) in [5.41, 5.74) is 2.14. The van der Waals surface area contributed by atoms with E-state index in [1.54, 1.807) is 30.0 Å². The fraction of sp³-hybridized carbons (Fsp3) is 0.409. The molecule has 0 aliphatic rings. The summed E-state index contributed by atoms with van der Waals surface area (Å²) in [5, 5.41) is 14.8. The van der Waals surface area contributed by atoms with Crippen LogP contribution in [0.5, 0.6) is 5.75 Å². The average Bonchev–Trinajstić information content (AvgIpc) is 3.09. The first-order valence-corrected chi connectivity index (χ1v) is 9.35. The Bertz CT molecular complexity index is 750. The number of aromatic nitrogens is 3. The van der Waals surface area contributed by atoms with Crippen LogP contribution in [-0.2, 0) is 0 Å². The van der Waals surface area contributed by atoms with Gasteiger partial charge in [-0.2, -0.15) is 0 Å². The topological polar surface area (TPSA) is 68.0 Å². The summed E-state index contributed by atoms with van der Waals surface area (Å²) in [6.07, 6.45) is 7.63. The molecule has 0 atom stereocenters. The Balaban J connectivity index is 0. The van der Waals surface area contributed by atoms with Crippen molar-refractivity contribution in [3.63, 3.8) is 0 Å². The maximum Gasteiger partial charge on any atom is 0.182 e. The zero-order valence-electron chi connectivity index (χ0n) is 18.1. The minimum Gasteiger partial charge on any atom is -0.505 e. The molecule has 0 aromatic carbocycles. The SMILES string of the molecule is C/C=C(\C(C)C)n1cc2c(C=O)c(O)c(C)nc2n1.C=CC=C.CC.CC. The molecule has 5 heteroatoms. The van der Waals surface area contributed by atoms with E-state index in [0.29, 0.717) is 28.9 Å². The lowest BCUT2D eigenvalue weighted by atomic mass is 10.1. The van der Waals surface area contributed by atoms with E-state index in [0.717, 1.165) is 5.70 Å². The monoisotopic (exact) mass is 373 g/mol. The highest BCUT2D eigenvalue weighted by molar-refractivity contribution is 5.98. The Hall–Kier alpha value is -2.69. The molecule has 0 spiro atoms. The zero-order chi connectivity index (χ0) is 21.6. The van der Waals surface area contributed by atoms with Crippen molar-refractivity contribution in [2.75, 3.05) is 0 Å². The van der Waals surface area contributed by atoms with Crippen LogP contribution >= 0.6 is 0 Å². The van der Waals surface area contributed by atoms with Gasteiger partial charge in [0.25, 0.3) is 0 Å². The van der Waals surface area contributed by atoms with Crippen molar-refractivity contribution in [1.82, 2.24) is 14.8 Å². The van der Waals surface area contributed by atoms with Gasteiger partial charge in [0.1, 0.15) is 5.75 Å². The van der Waals surface area contributed by atoms with E-state index < -0.39 is 0 Å². The number of pyridine rings is 1. The summed E-state index contributed by atoms with van der Waals surface area (Å²) in [6, 6.07) is 0. The van der Waals surface area contributed by atoms with Crippen LogP contribution < -0.4 is 0 Å². The van der Waals surface area contributed by atoms with Gasteiger partial charge in [-0.25, -0.2) is 9.67 Å². The molecule has 1 N–H and O–H groups in total. The standard InChI is InChI=1S/C14H17N3O2.C4H6.2C2H6/c1-5-12(8(2)3)17-6-10-11(7-18)13(19)9(4)15-14(10)16-17;1-3-4-2;2*1-2/h5-8,19H,1-4H3;3-4H,1-2H2;2*1-2H3/b12-5+;;;. The van der Waals surface area contributed by atoms with Gasteiger partial charge in [-0.15, -0.1) is 5.10 Å². The molecule has 2 aromatic rings. The van der Waals surface area contributed by atoms with Gasteiger partial charge in [-0.05, 0) is 19.8 Å². The number of hydrogen-bond donors (Lipinski definition) is 1. The van der Waals surface area contributed by atoms with Gasteiger partial charge in [-0.1, -0.05) is 72.9 Å². The van der Waals surface area contributed by atoms with Gasteiger partial charge in [0.15, 0.2) is 11.9 Å². The summed E-state index contributed by atoms with van der Waals surface area (Å²) >= 11 is 0. The lowest BCUT2D eigenvalue weighted by Gasteiger charge is -2.09. The van der Waals surface area contributed by atoms with Gasteiger partial charge in [0.05, 0.1) is 16.6 Å². The highest BCUT2D eigenvalue weighted by Gasteiger charge is 2.16. The second-order valence-corrected chi connectivity index (χ2v) is 5.23. The quantitative estimate of drug-likeness (QED) is 0.513. The zero-order valence-corrected chi connectivity index (χ0v) is 18.1. The van der Waals surface area contributed by atoms with E-state index >= 15 is 0 Å². The molecular formula is C22H35N3O2. The first kappa shape index (κ1) is 26.5. The van der Waals surface area contributed by atoms with Crippen molar-refractivity contribution in [2.24, 2.45) is 5.92 Å². The number of aldehydes is 1. The van der Waals surface area contributed by atoms with Crippen LogP contribution in [0.3, 0.4) is 0 Å².